The van der Waals surface area contributed by atoms with Gasteiger partial charge in [0, 0.05) is 5.02 Å². The first-order chi connectivity index (χ1) is 14.0. The molecular weight excluding hydrogens is 372 g/mol. The first-order valence-corrected chi connectivity index (χ1v) is 11.0. The topological polar surface area (TPSA) is 0 Å². The lowest BCUT2D eigenvalue weighted by atomic mass is 9.63. The van der Waals surface area contributed by atoms with Crippen LogP contribution in [0.25, 0.3) is 22.3 Å². The first-order valence-electron chi connectivity index (χ1n) is 10.6. The van der Waals surface area contributed by atoms with E-state index in [2.05, 4.69) is 81.1 Å². The third-order valence-corrected chi connectivity index (χ3v) is 6.79. The van der Waals surface area contributed by atoms with Gasteiger partial charge in [-0.25, -0.2) is 0 Å². The molecule has 0 nitrogen and oxygen atoms in total. The Hall–Kier alpha value is -2.31. The average Bonchev–Trinajstić information content (AvgIpc) is 2.74. The number of hydrogen-bond donors (Lipinski definition) is 0. The van der Waals surface area contributed by atoms with Crippen LogP contribution in [-0.4, -0.2) is 0 Å². The van der Waals surface area contributed by atoms with Gasteiger partial charge < -0.3 is 0 Å². The number of rotatable bonds is 4. The summed E-state index contributed by atoms with van der Waals surface area (Å²) in [4.78, 5) is 0. The van der Waals surface area contributed by atoms with E-state index in [1.807, 2.05) is 12.1 Å². The molecule has 0 spiro atoms. The molecule has 4 rings (SSSR count). The number of hydrogen-bond acceptors (Lipinski definition) is 0. The molecule has 0 bridgehead atoms. The van der Waals surface area contributed by atoms with Crippen molar-refractivity contribution in [2.75, 3.05) is 0 Å². The Morgan fingerprint density at radius 2 is 1.28 bits per heavy atom. The van der Waals surface area contributed by atoms with Crippen LogP contribution in [0.15, 0.2) is 84.9 Å². The molecule has 1 aliphatic rings. The Morgan fingerprint density at radius 1 is 0.828 bits per heavy atom. The van der Waals surface area contributed by atoms with Crippen LogP contribution in [0, 0.1) is 5.92 Å². The van der Waals surface area contributed by atoms with Gasteiger partial charge in [-0.05, 0) is 77.0 Å². The number of benzene rings is 3. The predicted octanol–water partition coefficient (Wildman–Crippen LogP) is 8.70. The van der Waals surface area contributed by atoms with Gasteiger partial charge in [-0.1, -0.05) is 98.3 Å². The van der Waals surface area contributed by atoms with Gasteiger partial charge in [0.15, 0.2) is 0 Å². The zero-order valence-electron chi connectivity index (χ0n) is 17.4. The molecule has 0 heterocycles. The van der Waals surface area contributed by atoms with Crippen LogP contribution in [0.5, 0.6) is 0 Å². The third kappa shape index (κ3) is 4.19. The van der Waals surface area contributed by atoms with Crippen molar-refractivity contribution in [2.45, 2.75) is 44.9 Å². The van der Waals surface area contributed by atoms with Crippen molar-refractivity contribution in [1.82, 2.24) is 0 Å². The molecular formula is C28H29Cl. The molecule has 1 saturated carbocycles. The molecule has 1 fully saturated rings. The lowest BCUT2D eigenvalue weighted by Crippen LogP contribution is -2.32. The Balaban J connectivity index is 1.57. The number of allylic oxidation sites excluding steroid dienone is 1. The molecule has 0 N–H and O–H groups in total. The highest BCUT2D eigenvalue weighted by Gasteiger charge is 2.36. The lowest BCUT2D eigenvalue weighted by Gasteiger charge is -2.41. The number of halogens is 1. The first kappa shape index (κ1) is 20.0. The molecule has 0 aliphatic heterocycles. The highest BCUT2D eigenvalue weighted by Crippen LogP contribution is 2.46. The fourth-order valence-corrected chi connectivity index (χ4v) is 5.19. The predicted molar refractivity (Wildman–Crippen MR) is 126 cm³/mol. The Morgan fingerprint density at radius 3 is 1.72 bits per heavy atom. The van der Waals surface area contributed by atoms with Crippen LogP contribution >= 0.6 is 11.6 Å². The summed E-state index contributed by atoms with van der Waals surface area (Å²) in [5, 5.41) is 0.770. The van der Waals surface area contributed by atoms with E-state index < -0.39 is 0 Å². The van der Waals surface area contributed by atoms with Gasteiger partial charge >= 0.3 is 0 Å². The van der Waals surface area contributed by atoms with Crippen molar-refractivity contribution in [3.8, 4) is 22.3 Å². The van der Waals surface area contributed by atoms with E-state index in [-0.39, 0.29) is 5.41 Å². The minimum Gasteiger partial charge on any atom is -0.0998 e. The summed E-state index contributed by atoms with van der Waals surface area (Å²) in [6.07, 6.45) is 4.74. The van der Waals surface area contributed by atoms with Crippen LogP contribution < -0.4 is 0 Å². The molecule has 1 heteroatoms. The third-order valence-electron chi connectivity index (χ3n) is 6.53. The summed E-state index contributed by atoms with van der Waals surface area (Å²) < 4.78 is 0. The Labute approximate surface area is 180 Å². The Kier molecular flexibility index (Phi) is 5.65. The second kappa shape index (κ2) is 8.20. The molecule has 0 radical (unpaired) electrons. The van der Waals surface area contributed by atoms with Gasteiger partial charge in [-0.3, -0.25) is 0 Å². The van der Waals surface area contributed by atoms with Gasteiger partial charge in [0.25, 0.3) is 0 Å². The summed E-state index contributed by atoms with van der Waals surface area (Å²) in [7, 11) is 0. The summed E-state index contributed by atoms with van der Waals surface area (Å²) in [6.45, 7) is 9.02. The van der Waals surface area contributed by atoms with E-state index in [9.17, 15) is 0 Å². The van der Waals surface area contributed by atoms with Crippen LogP contribution in [-0.2, 0) is 5.41 Å². The van der Waals surface area contributed by atoms with E-state index in [0.717, 1.165) is 17.4 Å². The molecule has 0 aromatic heterocycles. The van der Waals surface area contributed by atoms with Crippen molar-refractivity contribution in [3.63, 3.8) is 0 Å². The fraction of sp³-hybridized carbons (Fsp3) is 0.286. The van der Waals surface area contributed by atoms with Gasteiger partial charge in [0.1, 0.15) is 0 Å². The smallest absolute Gasteiger partial charge is 0.0406 e. The van der Waals surface area contributed by atoms with E-state index in [4.69, 9.17) is 11.6 Å². The van der Waals surface area contributed by atoms with Crippen LogP contribution in [0.1, 0.15) is 45.1 Å². The molecule has 3 aromatic rings. The molecule has 148 valence electrons. The van der Waals surface area contributed by atoms with Gasteiger partial charge in [-0.2, -0.15) is 0 Å². The zero-order valence-corrected chi connectivity index (χ0v) is 18.2. The minimum atomic E-state index is 0.256. The Bertz CT molecular complexity index is 980. The maximum atomic E-state index is 6.00. The quantitative estimate of drug-likeness (QED) is 0.384. The second-order valence-corrected chi connectivity index (χ2v) is 9.17. The monoisotopic (exact) mass is 400 g/mol. The van der Waals surface area contributed by atoms with E-state index >= 15 is 0 Å². The van der Waals surface area contributed by atoms with Crippen LogP contribution in [0.4, 0.5) is 0 Å². The molecule has 0 amide bonds. The second-order valence-electron chi connectivity index (χ2n) is 8.74. The van der Waals surface area contributed by atoms with Crippen molar-refractivity contribution < 1.29 is 0 Å². The summed E-state index contributed by atoms with van der Waals surface area (Å²) in [5.74, 6) is 0.719. The van der Waals surface area contributed by atoms with Gasteiger partial charge in [0.2, 0.25) is 0 Å². The van der Waals surface area contributed by atoms with Crippen LogP contribution in [0.2, 0.25) is 5.02 Å². The summed E-state index contributed by atoms with van der Waals surface area (Å²) in [5.41, 5.74) is 8.05. The highest BCUT2D eigenvalue weighted by molar-refractivity contribution is 6.30. The van der Waals surface area contributed by atoms with Crippen LogP contribution in [0.3, 0.4) is 0 Å². The van der Waals surface area contributed by atoms with Crippen molar-refractivity contribution in [2.24, 2.45) is 5.92 Å². The van der Waals surface area contributed by atoms with Gasteiger partial charge in [-0.15, -0.1) is 0 Å². The summed E-state index contributed by atoms with van der Waals surface area (Å²) in [6, 6.07) is 26.1. The largest absolute Gasteiger partial charge is 0.0998 e. The normalized spacial score (nSPS) is 21.9. The van der Waals surface area contributed by atoms with Crippen molar-refractivity contribution in [1.29, 1.82) is 0 Å². The van der Waals surface area contributed by atoms with Crippen molar-refractivity contribution in [3.05, 3.63) is 95.5 Å². The molecule has 0 saturated heterocycles. The van der Waals surface area contributed by atoms with E-state index in [1.54, 1.807) is 0 Å². The van der Waals surface area contributed by atoms with E-state index in [1.165, 1.54) is 52.7 Å². The fourth-order valence-electron chi connectivity index (χ4n) is 5.06. The van der Waals surface area contributed by atoms with Crippen molar-refractivity contribution >= 4 is 11.6 Å². The van der Waals surface area contributed by atoms with Gasteiger partial charge in [0.05, 0.1) is 0 Å². The maximum Gasteiger partial charge on any atom is 0.0406 e. The standard InChI is InChI=1S/C28H29Cl/c1-4-28(18-20(2)17-21(3)19-28)26-13-9-24(10-14-26)22-5-7-23(8-6-22)25-11-15-27(29)16-12-25/h5-16,21H,2,4,17-19H2,1,3H3. The summed E-state index contributed by atoms with van der Waals surface area (Å²) >= 11 is 6.00. The molecule has 29 heavy (non-hydrogen) atoms. The SMILES string of the molecule is C=C1CC(C)CC(CC)(c2ccc(-c3ccc(-c4ccc(Cl)cc4)cc3)cc2)C1. The van der Waals surface area contributed by atoms with E-state index in [0.29, 0.717) is 0 Å². The molecule has 1 aliphatic carbocycles. The lowest BCUT2D eigenvalue weighted by molar-refractivity contribution is 0.271. The molecule has 3 aromatic carbocycles. The average molecular weight is 401 g/mol. The highest BCUT2D eigenvalue weighted by atomic mass is 35.5. The molecule has 2 atom stereocenters. The minimum absolute atomic E-state index is 0.256. The molecule has 2 unspecified atom stereocenters. The maximum absolute atomic E-state index is 6.00. The zero-order chi connectivity index (χ0) is 20.4.